The summed E-state index contributed by atoms with van der Waals surface area (Å²) in [5.41, 5.74) is 0.377. The second kappa shape index (κ2) is 8.73. The second-order valence-electron chi connectivity index (χ2n) is 5.47. The van der Waals surface area contributed by atoms with Gasteiger partial charge in [0.05, 0.1) is 18.6 Å². The van der Waals surface area contributed by atoms with E-state index in [9.17, 15) is 9.59 Å². The Morgan fingerprint density at radius 1 is 0.880 bits per heavy atom. The van der Waals surface area contributed by atoms with Gasteiger partial charge in [0.1, 0.15) is 17.2 Å². The fourth-order valence-electron chi connectivity index (χ4n) is 1.82. The van der Waals surface area contributed by atoms with Crippen LogP contribution in [0.4, 0.5) is 0 Å². The lowest BCUT2D eigenvalue weighted by atomic mass is 10.2. The lowest BCUT2D eigenvalue weighted by Gasteiger charge is -2.09. The van der Waals surface area contributed by atoms with Crippen LogP contribution in [0.3, 0.4) is 0 Å². The first-order valence-corrected chi connectivity index (χ1v) is 7.75. The van der Waals surface area contributed by atoms with Gasteiger partial charge in [0.2, 0.25) is 6.79 Å². The predicted octanol–water partition coefficient (Wildman–Crippen LogP) is 3.45. The van der Waals surface area contributed by atoms with Crippen LogP contribution in [0.5, 0.6) is 17.2 Å². The molecule has 0 N–H and O–H groups in total. The van der Waals surface area contributed by atoms with E-state index < -0.39 is 5.97 Å². The third-order valence-electron chi connectivity index (χ3n) is 3.26. The third kappa shape index (κ3) is 5.53. The Morgan fingerprint density at radius 3 is 2.00 bits per heavy atom. The second-order valence-corrected chi connectivity index (χ2v) is 5.47. The molecule has 0 aliphatic heterocycles. The summed E-state index contributed by atoms with van der Waals surface area (Å²) in [6.07, 6.45) is 0. The maximum atomic E-state index is 12.1. The zero-order valence-corrected chi connectivity index (χ0v) is 14.4. The topological polar surface area (TPSA) is 71.1 Å². The van der Waals surface area contributed by atoms with Crippen molar-refractivity contribution in [2.24, 2.45) is 5.92 Å². The van der Waals surface area contributed by atoms with E-state index >= 15 is 0 Å². The molecule has 2 aromatic carbocycles. The van der Waals surface area contributed by atoms with Gasteiger partial charge in [0.25, 0.3) is 0 Å². The lowest BCUT2D eigenvalue weighted by Crippen LogP contribution is -2.15. The average molecular weight is 344 g/mol. The van der Waals surface area contributed by atoms with Gasteiger partial charge >= 0.3 is 11.9 Å². The first-order valence-electron chi connectivity index (χ1n) is 7.75. The van der Waals surface area contributed by atoms with Gasteiger partial charge in [-0.25, -0.2) is 4.79 Å². The van der Waals surface area contributed by atoms with E-state index in [0.29, 0.717) is 22.8 Å². The van der Waals surface area contributed by atoms with Crippen molar-refractivity contribution in [3.63, 3.8) is 0 Å². The molecule has 0 bridgehead atoms. The molecule has 0 aromatic heterocycles. The van der Waals surface area contributed by atoms with Crippen molar-refractivity contribution in [2.45, 2.75) is 13.8 Å². The van der Waals surface area contributed by atoms with E-state index in [1.807, 2.05) is 0 Å². The quantitative estimate of drug-likeness (QED) is 0.435. The number of rotatable bonds is 7. The van der Waals surface area contributed by atoms with Crippen LogP contribution in [0, 0.1) is 5.92 Å². The Kier molecular flexibility index (Phi) is 6.39. The Bertz CT molecular complexity index is 704. The Hall–Kier alpha value is -3.02. The minimum Gasteiger partial charge on any atom is -0.497 e. The van der Waals surface area contributed by atoms with Crippen molar-refractivity contribution in [1.82, 2.24) is 0 Å². The van der Waals surface area contributed by atoms with E-state index in [2.05, 4.69) is 0 Å². The Labute approximate surface area is 146 Å². The molecule has 2 aromatic rings. The number of hydrogen-bond acceptors (Lipinski definition) is 6. The van der Waals surface area contributed by atoms with E-state index in [-0.39, 0.29) is 18.7 Å². The number of hydrogen-bond donors (Lipinski definition) is 0. The van der Waals surface area contributed by atoms with Gasteiger partial charge in [-0.2, -0.15) is 0 Å². The fourth-order valence-corrected chi connectivity index (χ4v) is 1.82. The summed E-state index contributed by atoms with van der Waals surface area (Å²) in [7, 11) is 1.56. The number of ether oxygens (including phenoxy) is 4. The zero-order valence-electron chi connectivity index (χ0n) is 14.4. The maximum Gasteiger partial charge on any atom is 0.343 e. The van der Waals surface area contributed by atoms with E-state index in [4.69, 9.17) is 18.9 Å². The summed E-state index contributed by atoms with van der Waals surface area (Å²) < 4.78 is 20.5. The number of benzene rings is 2. The molecule has 0 aliphatic carbocycles. The summed E-state index contributed by atoms with van der Waals surface area (Å²) in [5.74, 6) is 0.560. The van der Waals surface area contributed by atoms with Gasteiger partial charge in [-0.3, -0.25) is 4.79 Å². The van der Waals surface area contributed by atoms with Crippen LogP contribution in [-0.4, -0.2) is 25.8 Å². The molecule has 0 saturated carbocycles. The number of methoxy groups -OCH3 is 1. The van der Waals surface area contributed by atoms with Crippen molar-refractivity contribution < 1.29 is 28.5 Å². The summed E-state index contributed by atoms with van der Waals surface area (Å²) >= 11 is 0. The molecule has 0 radical (unpaired) electrons. The van der Waals surface area contributed by atoms with Gasteiger partial charge in [-0.15, -0.1) is 0 Å². The summed E-state index contributed by atoms with van der Waals surface area (Å²) in [6.45, 7) is 3.31. The molecule has 6 nitrogen and oxygen atoms in total. The van der Waals surface area contributed by atoms with Crippen molar-refractivity contribution >= 4 is 11.9 Å². The molecular weight excluding hydrogens is 324 g/mol. The summed E-state index contributed by atoms with van der Waals surface area (Å²) in [5, 5.41) is 0. The lowest BCUT2D eigenvalue weighted by molar-refractivity contribution is -0.153. The highest BCUT2D eigenvalue weighted by molar-refractivity contribution is 5.91. The number of esters is 2. The molecule has 0 aliphatic rings. The van der Waals surface area contributed by atoms with Crippen LogP contribution in [0.15, 0.2) is 48.5 Å². The fraction of sp³-hybridized carbons (Fsp3) is 0.263. The molecule has 0 heterocycles. The molecule has 0 amide bonds. The molecule has 25 heavy (non-hydrogen) atoms. The van der Waals surface area contributed by atoms with Crippen molar-refractivity contribution in [2.75, 3.05) is 13.9 Å². The molecule has 132 valence electrons. The molecule has 0 saturated heterocycles. The summed E-state index contributed by atoms with van der Waals surface area (Å²) in [6, 6.07) is 13.1. The minimum atomic E-state index is -0.483. The molecular formula is C19H20O6. The number of carbonyl (C=O) groups excluding carboxylic acids is 2. The minimum absolute atomic E-state index is 0.174. The number of carbonyl (C=O) groups is 2. The molecule has 0 fully saturated rings. The van der Waals surface area contributed by atoms with Crippen LogP contribution in [0.25, 0.3) is 0 Å². The van der Waals surface area contributed by atoms with Crippen LogP contribution in [0.2, 0.25) is 0 Å². The van der Waals surface area contributed by atoms with E-state index in [0.717, 1.165) is 0 Å². The van der Waals surface area contributed by atoms with Gasteiger partial charge in [0.15, 0.2) is 0 Å². The SMILES string of the molecule is COc1ccc(OC(=O)c2ccc(OCOC(=O)C(C)C)cc2)cc1. The summed E-state index contributed by atoms with van der Waals surface area (Å²) in [4.78, 5) is 23.4. The van der Waals surface area contributed by atoms with Crippen LogP contribution < -0.4 is 14.2 Å². The van der Waals surface area contributed by atoms with Gasteiger partial charge in [-0.05, 0) is 48.5 Å². The van der Waals surface area contributed by atoms with Crippen molar-refractivity contribution in [3.05, 3.63) is 54.1 Å². The molecule has 0 unspecified atom stereocenters. The first kappa shape index (κ1) is 18.3. The first-order chi connectivity index (χ1) is 12.0. The highest BCUT2D eigenvalue weighted by Gasteiger charge is 2.10. The normalized spacial score (nSPS) is 10.2. The molecule has 0 atom stereocenters. The predicted molar refractivity (Wildman–Crippen MR) is 90.8 cm³/mol. The van der Waals surface area contributed by atoms with E-state index in [1.165, 1.54) is 0 Å². The Balaban J connectivity index is 1.87. The monoisotopic (exact) mass is 344 g/mol. The maximum absolute atomic E-state index is 12.1. The van der Waals surface area contributed by atoms with Gasteiger partial charge < -0.3 is 18.9 Å². The molecule has 6 heteroatoms. The largest absolute Gasteiger partial charge is 0.497 e. The highest BCUT2D eigenvalue weighted by Crippen LogP contribution is 2.19. The van der Waals surface area contributed by atoms with Crippen LogP contribution >= 0.6 is 0 Å². The smallest absolute Gasteiger partial charge is 0.343 e. The molecule has 2 rings (SSSR count). The third-order valence-corrected chi connectivity index (χ3v) is 3.26. The van der Waals surface area contributed by atoms with Crippen molar-refractivity contribution in [1.29, 1.82) is 0 Å². The van der Waals surface area contributed by atoms with Crippen LogP contribution in [0.1, 0.15) is 24.2 Å². The highest BCUT2D eigenvalue weighted by atomic mass is 16.7. The Morgan fingerprint density at radius 2 is 1.44 bits per heavy atom. The van der Waals surface area contributed by atoms with E-state index in [1.54, 1.807) is 69.5 Å². The zero-order chi connectivity index (χ0) is 18.2. The van der Waals surface area contributed by atoms with Crippen molar-refractivity contribution in [3.8, 4) is 17.2 Å². The van der Waals surface area contributed by atoms with Gasteiger partial charge in [0, 0.05) is 0 Å². The van der Waals surface area contributed by atoms with Gasteiger partial charge in [-0.1, -0.05) is 13.8 Å². The average Bonchev–Trinajstić information content (AvgIpc) is 2.62. The molecule has 0 spiro atoms. The standard InChI is InChI=1S/C19H20O6/c1-13(2)18(20)24-12-23-16-6-4-14(5-7-16)19(21)25-17-10-8-15(22-3)9-11-17/h4-11,13H,12H2,1-3H3. The van der Waals surface area contributed by atoms with Crippen LogP contribution in [-0.2, 0) is 9.53 Å².